The third-order valence-electron chi connectivity index (χ3n) is 2.61. The molecule has 0 atom stereocenters. The second-order valence-electron chi connectivity index (χ2n) is 3.69. The topological polar surface area (TPSA) is 64.0 Å². The number of carbonyl (C=O) groups is 1. The van der Waals surface area contributed by atoms with Crippen LogP contribution >= 0.6 is 0 Å². The molecule has 0 bridgehead atoms. The monoisotopic (exact) mass is 243 g/mol. The maximum Gasteiger partial charge on any atom is 0.277 e. The quantitative estimate of drug-likeness (QED) is 0.818. The van der Waals surface area contributed by atoms with E-state index in [2.05, 4.69) is 10.3 Å². The number of nitrogens with zero attached hydrogens (tertiary/aromatic N) is 2. The smallest absolute Gasteiger partial charge is 0.277 e. The van der Waals surface area contributed by atoms with Gasteiger partial charge in [0.1, 0.15) is 17.8 Å². The van der Waals surface area contributed by atoms with Crippen molar-refractivity contribution in [3.63, 3.8) is 0 Å². The summed E-state index contributed by atoms with van der Waals surface area (Å²) in [5.41, 5.74) is 0.925. The maximum atomic E-state index is 12.1. The fourth-order valence-corrected chi connectivity index (χ4v) is 1.73. The first kappa shape index (κ1) is 12.0. The molecule has 0 radical (unpaired) electrons. The molecule has 5 heteroatoms. The first-order valence-corrected chi connectivity index (χ1v) is 5.54. The van der Waals surface area contributed by atoms with Crippen LogP contribution in [0.2, 0.25) is 0 Å². The molecule has 0 spiro atoms. The van der Waals surface area contributed by atoms with Gasteiger partial charge < -0.3 is 10.1 Å². The Morgan fingerprint density at radius 2 is 2.06 bits per heavy atom. The number of aldehydes is 1. The number of anilines is 1. The summed E-state index contributed by atoms with van der Waals surface area (Å²) in [4.78, 5) is 27.0. The molecule has 0 amide bonds. The summed E-state index contributed by atoms with van der Waals surface area (Å²) >= 11 is 0. The van der Waals surface area contributed by atoms with Crippen molar-refractivity contribution < 1.29 is 4.79 Å². The van der Waals surface area contributed by atoms with Crippen molar-refractivity contribution in [2.24, 2.45) is 0 Å². The molecule has 1 aromatic heterocycles. The largest absolute Gasteiger partial charge is 0.382 e. The maximum absolute atomic E-state index is 12.1. The van der Waals surface area contributed by atoms with E-state index in [0.29, 0.717) is 17.8 Å². The predicted octanol–water partition coefficient (Wildman–Crippen LogP) is 1.15. The van der Waals surface area contributed by atoms with Crippen molar-refractivity contribution in [3.05, 3.63) is 46.9 Å². The Hall–Kier alpha value is -2.43. The summed E-state index contributed by atoms with van der Waals surface area (Å²) < 4.78 is 1.36. The van der Waals surface area contributed by atoms with Crippen LogP contribution in [0, 0.1) is 0 Å². The lowest BCUT2D eigenvalue weighted by Crippen LogP contribution is -2.25. The van der Waals surface area contributed by atoms with E-state index in [4.69, 9.17) is 0 Å². The molecule has 0 unspecified atom stereocenters. The van der Waals surface area contributed by atoms with E-state index in [1.54, 1.807) is 7.05 Å². The van der Waals surface area contributed by atoms with E-state index < -0.39 is 0 Å². The summed E-state index contributed by atoms with van der Waals surface area (Å²) in [6, 6.07) is 9.30. The van der Waals surface area contributed by atoms with Crippen LogP contribution in [0.1, 0.15) is 0 Å². The van der Waals surface area contributed by atoms with Gasteiger partial charge in [0.25, 0.3) is 5.56 Å². The highest BCUT2D eigenvalue weighted by Gasteiger charge is 2.10. The fraction of sp³-hybridized carbons (Fsp3) is 0.154. The standard InChI is InChI=1S/C13H13N3O2/c1-14-11-9-15-12(10-5-3-2-4-6-10)16(7-8-17)13(11)18/h2-6,8-9,14H,7H2,1H3. The summed E-state index contributed by atoms with van der Waals surface area (Å²) in [7, 11) is 1.64. The van der Waals surface area contributed by atoms with Crippen molar-refractivity contribution in [1.29, 1.82) is 0 Å². The Morgan fingerprint density at radius 3 is 2.67 bits per heavy atom. The minimum Gasteiger partial charge on any atom is -0.382 e. The molecule has 2 rings (SSSR count). The Labute approximate surface area is 104 Å². The van der Waals surface area contributed by atoms with Crippen molar-refractivity contribution in [2.45, 2.75) is 6.54 Å². The number of hydrogen-bond donors (Lipinski definition) is 1. The summed E-state index contributed by atoms with van der Waals surface area (Å²) in [6.45, 7) is -0.00835. The Kier molecular flexibility index (Phi) is 3.52. The third-order valence-corrected chi connectivity index (χ3v) is 2.61. The Morgan fingerprint density at radius 1 is 1.33 bits per heavy atom. The molecule has 18 heavy (non-hydrogen) atoms. The van der Waals surface area contributed by atoms with Gasteiger partial charge in [-0.15, -0.1) is 0 Å². The molecule has 5 nitrogen and oxygen atoms in total. The summed E-state index contributed by atoms with van der Waals surface area (Å²) in [6.07, 6.45) is 2.17. The molecule has 0 saturated heterocycles. The van der Waals surface area contributed by atoms with Gasteiger partial charge in [0, 0.05) is 12.6 Å². The van der Waals surface area contributed by atoms with E-state index in [0.717, 1.165) is 5.56 Å². The SMILES string of the molecule is CNc1cnc(-c2ccccc2)n(CC=O)c1=O. The number of carbonyl (C=O) groups excluding carboxylic acids is 1. The van der Waals surface area contributed by atoms with Crippen LogP contribution in [0.15, 0.2) is 41.3 Å². The van der Waals surface area contributed by atoms with Gasteiger partial charge in [0.2, 0.25) is 0 Å². The highest BCUT2D eigenvalue weighted by Crippen LogP contribution is 2.15. The minimum atomic E-state index is -0.251. The predicted molar refractivity (Wildman–Crippen MR) is 69.5 cm³/mol. The van der Waals surface area contributed by atoms with Gasteiger partial charge in [-0.3, -0.25) is 9.36 Å². The second-order valence-corrected chi connectivity index (χ2v) is 3.69. The number of hydrogen-bond acceptors (Lipinski definition) is 4. The Bertz CT molecular complexity index is 605. The molecule has 0 aliphatic heterocycles. The van der Waals surface area contributed by atoms with Crippen molar-refractivity contribution in [2.75, 3.05) is 12.4 Å². The Balaban J connectivity index is 2.64. The van der Waals surface area contributed by atoms with E-state index in [9.17, 15) is 9.59 Å². The lowest BCUT2D eigenvalue weighted by molar-refractivity contribution is -0.108. The fourth-order valence-electron chi connectivity index (χ4n) is 1.73. The van der Waals surface area contributed by atoms with Crippen LogP contribution in [0.3, 0.4) is 0 Å². The van der Waals surface area contributed by atoms with Crippen LogP contribution in [-0.4, -0.2) is 22.9 Å². The first-order valence-electron chi connectivity index (χ1n) is 5.54. The molecule has 0 aliphatic rings. The number of aromatic nitrogens is 2. The number of nitrogens with one attached hydrogen (secondary N) is 1. The lowest BCUT2D eigenvalue weighted by atomic mass is 10.2. The van der Waals surface area contributed by atoms with Crippen LogP contribution < -0.4 is 10.9 Å². The average molecular weight is 243 g/mol. The zero-order chi connectivity index (χ0) is 13.0. The third kappa shape index (κ3) is 2.15. The van der Waals surface area contributed by atoms with Crippen molar-refractivity contribution >= 4 is 12.0 Å². The molecule has 1 N–H and O–H groups in total. The van der Waals surface area contributed by atoms with E-state index >= 15 is 0 Å². The van der Waals surface area contributed by atoms with Crippen molar-refractivity contribution in [3.8, 4) is 11.4 Å². The zero-order valence-electron chi connectivity index (χ0n) is 9.96. The van der Waals surface area contributed by atoms with Crippen LogP contribution in [0.4, 0.5) is 5.69 Å². The average Bonchev–Trinajstić information content (AvgIpc) is 2.42. The molecule has 2 aromatic rings. The van der Waals surface area contributed by atoms with Gasteiger partial charge in [-0.25, -0.2) is 4.98 Å². The molecule has 0 fully saturated rings. The van der Waals surface area contributed by atoms with Crippen LogP contribution in [-0.2, 0) is 11.3 Å². The number of benzene rings is 1. The van der Waals surface area contributed by atoms with Crippen molar-refractivity contribution in [1.82, 2.24) is 9.55 Å². The molecular formula is C13H13N3O2. The van der Waals surface area contributed by atoms with Gasteiger partial charge in [-0.1, -0.05) is 30.3 Å². The van der Waals surface area contributed by atoms with Gasteiger partial charge in [-0.05, 0) is 0 Å². The molecule has 1 heterocycles. The molecule has 0 aliphatic carbocycles. The summed E-state index contributed by atoms with van der Waals surface area (Å²) in [5.74, 6) is 0.492. The lowest BCUT2D eigenvalue weighted by Gasteiger charge is -2.11. The van der Waals surface area contributed by atoms with Gasteiger partial charge in [-0.2, -0.15) is 0 Å². The normalized spacial score (nSPS) is 10.1. The van der Waals surface area contributed by atoms with Gasteiger partial charge >= 0.3 is 0 Å². The first-order chi connectivity index (χ1) is 8.77. The zero-order valence-corrected chi connectivity index (χ0v) is 9.96. The van der Waals surface area contributed by atoms with Crippen LogP contribution in [0.25, 0.3) is 11.4 Å². The second kappa shape index (κ2) is 5.27. The highest BCUT2D eigenvalue weighted by molar-refractivity contribution is 5.59. The molecular weight excluding hydrogens is 230 g/mol. The molecule has 1 aromatic carbocycles. The molecule has 92 valence electrons. The summed E-state index contributed by atoms with van der Waals surface area (Å²) in [5, 5.41) is 2.76. The van der Waals surface area contributed by atoms with E-state index in [1.807, 2.05) is 30.3 Å². The van der Waals surface area contributed by atoms with Crippen LogP contribution in [0.5, 0.6) is 0 Å². The van der Waals surface area contributed by atoms with E-state index in [-0.39, 0.29) is 12.1 Å². The van der Waals surface area contributed by atoms with Gasteiger partial charge in [0.05, 0.1) is 12.7 Å². The van der Waals surface area contributed by atoms with Gasteiger partial charge in [0.15, 0.2) is 0 Å². The minimum absolute atomic E-state index is 0.00835. The highest BCUT2D eigenvalue weighted by atomic mass is 16.1. The number of rotatable bonds is 4. The molecule has 0 saturated carbocycles. The van der Waals surface area contributed by atoms with E-state index in [1.165, 1.54) is 10.8 Å².